The first-order chi connectivity index (χ1) is 11.9. The van der Waals surface area contributed by atoms with Crippen molar-refractivity contribution < 1.29 is 14.3 Å². The Bertz CT molecular complexity index is 718. The number of ether oxygens (including phenoxy) is 1. The van der Waals surface area contributed by atoms with E-state index in [4.69, 9.17) is 4.74 Å². The second-order valence-electron chi connectivity index (χ2n) is 6.76. The number of aryl methyl sites for hydroxylation is 2. The van der Waals surface area contributed by atoms with Crippen LogP contribution in [0, 0.1) is 13.8 Å². The number of carbonyl (C=O) groups is 2. The third-order valence-corrected chi connectivity index (χ3v) is 5.17. The topological polar surface area (TPSA) is 95.6 Å². The highest BCUT2D eigenvalue weighted by atomic mass is 16.5. The largest absolute Gasteiger partial charge is 0.374 e. The number of aromatic nitrogens is 2. The Balaban J connectivity index is 1.63. The standard InChI is InChI=1S/C17H24N4O4/c1-10-12(11(2)19-17(24)18-10)4-5-16(23)21-8-13-14(9-21)25-7-6-15(22)20(13)3/h13-14H,4-9H2,1-3H3,(H,18,19,24)/t13-,14-/m0/s1. The third kappa shape index (κ3) is 3.58. The molecule has 0 spiro atoms. The lowest BCUT2D eigenvalue weighted by Gasteiger charge is -2.25. The molecular weight excluding hydrogens is 324 g/mol. The summed E-state index contributed by atoms with van der Waals surface area (Å²) in [6.07, 6.45) is 1.15. The SMILES string of the molecule is Cc1nc(=O)[nH]c(C)c1CCC(=O)N1C[C@@H]2OCCC(=O)N(C)[C@H]2C1. The predicted octanol–water partition coefficient (Wildman–Crippen LogP) is -0.223. The van der Waals surface area contributed by atoms with Crippen molar-refractivity contribution in [1.82, 2.24) is 19.8 Å². The number of nitrogens with zero attached hydrogens (tertiary/aromatic N) is 3. The minimum atomic E-state index is -0.366. The van der Waals surface area contributed by atoms with E-state index in [9.17, 15) is 14.4 Å². The number of fused-ring (bicyclic) bond motifs is 1. The molecule has 2 aliphatic heterocycles. The lowest BCUT2D eigenvalue weighted by atomic mass is 10.1. The van der Waals surface area contributed by atoms with Gasteiger partial charge in [-0.05, 0) is 25.8 Å². The number of H-pyrrole nitrogens is 1. The molecule has 2 atom stereocenters. The summed E-state index contributed by atoms with van der Waals surface area (Å²) < 4.78 is 5.76. The van der Waals surface area contributed by atoms with Crippen LogP contribution in [0.1, 0.15) is 29.8 Å². The van der Waals surface area contributed by atoms with Crippen molar-refractivity contribution in [3.63, 3.8) is 0 Å². The van der Waals surface area contributed by atoms with Gasteiger partial charge >= 0.3 is 5.69 Å². The fourth-order valence-electron chi connectivity index (χ4n) is 3.67. The van der Waals surface area contributed by atoms with Gasteiger partial charge < -0.3 is 19.5 Å². The Kier molecular flexibility index (Phi) is 4.89. The van der Waals surface area contributed by atoms with Gasteiger partial charge in [0, 0.05) is 37.9 Å². The molecule has 8 heteroatoms. The Morgan fingerprint density at radius 2 is 2.08 bits per heavy atom. The fourth-order valence-corrected chi connectivity index (χ4v) is 3.67. The highest BCUT2D eigenvalue weighted by molar-refractivity contribution is 5.79. The first-order valence-electron chi connectivity index (χ1n) is 8.58. The van der Waals surface area contributed by atoms with Gasteiger partial charge in [0.15, 0.2) is 0 Å². The van der Waals surface area contributed by atoms with Gasteiger partial charge in [-0.15, -0.1) is 0 Å². The highest BCUT2D eigenvalue weighted by Crippen LogP contribution is 2.23. The molecule has 136 valence electrons. The lowest BCUT2D eigenvalue weighted by molar-refractivity contribution is -0.133. The van der Waals surface area contributed by atoms with Gasteiger partial charge in [-0.2, -0.15) is 4.98 Å². The molecule has 2 amide bonds. The zero-order valence-electron chi connectivity index (χ0n) is 14.9. The highest BCUT2D eigenvalue weighted by Gasteiger charge is 2.41. The number of nitrogens with one attached hydrogen (secondary N) is 1. The predicted molar refractivity (Wildman–Crippen MR) is 90.1 cm³/mol. The molecule has 1 aromatic heterocycles. The molecule has 3 rings (SSSR count). The van der Waals surface area contributed by atoms with Crippen LogP contribution in [-0.4, -0.2) is 70.5 Å². The number of rotatable bonds is 3. The number of carbonyl (C=O) groups excluding carboxylic acids is 2. The van der Waals surface area contributed by atoms with Crippen LogP contribution in [0.25, 0.3) is 0 Å². The average Bonchev–Trinajstić information content (AvgIpc) is 2.91. The van der Waals surface area contributed by atoms with E-state index in [1.165, 1.54) is 0 Å². The monoisotopic (exact) mass is 348 g/mol. The molecule has 0 aliphatic carbocycles. The minimum absolute atomic E-state index is 0.0301. The van der Waals surface area contributed by atoms with E-state index in [1.54, 1.807) is 23.8 Å². The van der Waals surface area contributed by atoms with E-state index in [0.29, 0.717) is 44.7 Å². The molecule has 1 aromatic rings. The second kappa shape index (κ2) is 6.95. The maximum absolute atomic E-state index is 12.6. The van der Waals surface area contributed by atoms with Gasteiger partial charge in [-0.3, -0.25) is 9.59 Å². The molecule has 2 aliphatic rings. The lowest BCUT2D eigenvalue weighted by Crippen LogP contribution is -2.43. The number of likely N-dealkylation sites (N-methyl/N-ethyl adjacent to an activating group) is 1. The van der Waals surface area contributed by atoms with Crippen LogP contribution in [0.4, 0.5) is 0 Å². The zero-order chi connectivity index (χ0) is 18.1. The summed E-state index contributed by atoms with van der Waals surface area (Å²) in [5, 5.41) is 0. The Morgan fingerprint density at radius 1 is 1.32 bits per heavy atom. The summed E-state index contributed by atoms with van der Waals surface area (Å²) in [5.41, 5.74) is 1.96. The van der Waals surface area contributed by atoms with Gasteiger partial charge in [0.05, 0.1) is 25.2 Å². The summed E-state index contributed by atoms with van der Waals surface area (Å²) in [6.45, 7) is 5.03. The van der Waals surface area contributed by atoms with Crippen molar-refractivity contribution in [2.75, 3.05) is 26.7 Å². The Hall–Kier alpha value is -2.22. The summed E-state index contributed by atoms with van der Waals surface area (Å²) in [6, 6.07) is -0.0721. The smallest absolute Gasteiger partial charge is 0.345 e. The van der Waals surface area contributed by atoms with Crippen LogP contribution in [0.15, 0.2) is 4.79 Å². The Morgan fingerprint density at radius 3 is 2.80 bits per heavy atom. The van der Waals surface area contributed by atoms with E-state index < -0.39 is 0 Å². The molecule has 0 saturated carbocycles. The molecule has 1 N–H and O–H groups in total. The van der Waals surface area contributed by atoms with Crippen molar-refractivity contribution in [1.29, 1.82) is 0 Å². The summed E-state index contributed by atoms with van der Waals surface area (Å²) in [7, 11) is 1.78. The molecule has 8 nitrogen and oxygen atoms in total. The van der Waals surface area contributed by atoms with Crippen LogP contribution < -0.4 is 5.69 Å². The molecule has 2 fully saturated rings. The first kappa shape index (κ1) is 17.6. The minimum Gasteiger partial charge on any atom is -0.374 e. The van der Waals surface area contributed by atoms with Crippen LogP contribution >= 0.6 is 0 Å². The van der Waals surface area contributed by atoms with Crippen LogP contribution in [-0.2, 0) is 20.7 Å². The van der Waals surface area contributed by atoms with Crippen molar-refractivity contribution in [3.05, 3.63) is 27.4 Å². The molecule has 0 aromatic carbocycles. The van der Waals surface area contributed by atoms with Gasteiger partial charge in [0.2, 0.25) is 11.8 Å². The molecule has 25 heavy (non-hydrogen) atoms. The number of likely N-dealkylation sites (tertiary alicyclic amines) is 1. The summed E-state index contributed by atoms with van der Waals surface area (Å²) in [5.74, 6) is 0.0925. The molecule has 3 heterocycles. The van der Waals surface area contributed by atoms with Gasteiger partial charge in [-0.1, -0.05) is 0 Å². The summed E-state index contributed by atoms with van der Waals surface area (Å²) in [4.78, 5) is 46.0. The van der Waals surface area contributed by atoms with Crippen LogP contribution in [0.5, 0.6) is 0 Å². The third-order valence-electron chi connectivity index (χ3n) is 5.17. The fraction of sp³-hybridized carbons (Fsp3) is 0.647. The van der Waals surface area contributed by atoms with Gasteiger partial charge in [0.25, 0.3) is 0 Å². The van der Waals surface area contributed by atoms with Crippen molar-refractivity contribution in [2.45, 2.75) is 45.3 Å². The van der Waals surface area contributed by atoms with Crippen LogP contribution in [0.2, 0.25) is 0 Å². The maximum atomic E-state index is 12.6. The quantitative estimate of drug-likeness (QED) is 0.815. The summed E-state index contributed by atoms with van der Waals surface area (Å²) >= 11 is 0. The first-order valence-corrected chi connectivity index (χ1v) is 8.58. The van der Waals surface area contributed by atoms with Crippen molar-refractivity contribution in [3.8, 4) is 0 Å². The van der Waals surface area contributed by atoms with E-state index in [-0.39, 0.29) is 29.6 Å². The van der Waals surface area contributed by atoms with E-state index in [1.807, 2.05) is 6.92 Å². The Labute approximate surface area is 146 Å². The average molecular weight is 348 g/mol. The number of hydrogen-bond acceptors (Lipinski definition) is 5. The molecule has 0 unspecified atom stereocenters. The van der Waals surface area contributed by atoms with E-state index >= 15 is 0 Å². The normalized spacial score (nSPS) is 23.6. The molecule has 2 saturated heterocycles. The number of amides is 2. The van der Waals surface area contributed by atoms with Gasteiger partial charge in [0.1, 0.15) is 0 Å². The number of hydrogen-bond donors (Lipinski definition) is 1. The molecule has 0 radical (unpaired) electrons. The van der Waals surface area contributed by atoms with E-state index in [0.717, 1.165) is 11.3 Å². The zero-order valence-corrected chi connectivity index (χ0v) is 14.9. The number of aromatic amines is 1. The molecule has 0 bridgehead atoms. The van der Waals surface area contributed by atoms with Crippen LogP contribution in [0.3, 0.4) is 0 Å². The van der Waals surface area contributed by atoms with Crippen molar-refractivity contribution in [2.24, 2.45) is 0 Å². The van der Waals surface area contributed by atoms with Crippen molar-refractivity contribution >= 4 is 11.8 Å². The maximum Gasteiger partial charge on any atom is 0.345 e. The van der Waals surface area contributed by atoms with E-state index in [2.05, 4.69) is 9.97 Å². The molecular formula is C17H24N4O4. The second-order valence-corrected chi connectivity index (χ2v) is 6.76. The van der Waals surface area contributed by atoms with Gasteiger partial charge in [-0.25, -0.2) is 4.79 Å².